The lowest BCUT2D eigenvalue weighted by atomic mass is 9.85. The molecule has 1 rings (SSSR count). The predicted octanol–water partition coefficient (Wildman–Crippen LogP) is 1.15. The first-order valence-corrected chi connectivity index (χ1v) is 8.33. The molecule has 1 aliphatic carbocycles. The van der Waals surface area contributed by atoms with Gasteiger partial charge in [0.1, 0.15) is 11.3 Å². The average molecular weight is 272 g/mol. The van der Waals surface area contributed by atoms with Crippen LogP contribution in [0.5, 0.6) is 0 Å². The second kappa shape index (κ2) is 6.19. The molecule has 0 bridgehead atoms. The van der Waals surface area contributed by atoms with Gasteiger partial charge in [-0.2, -0.15) is 5.26 Å². The van der Waals surface area contributed by atoms with E-state index in [1.54, 1.807) is 0 Å². The van der Waals surface area contributed by atoms with Crippen molar-refractivity contribution in [3.8, 4) is 6.07 Å². The third-order valence-corrected chi connectivity index (χ3v) is 3.98. The van der Waals surface area contributed by atoms with Crippen molar-refractivity contribution in [3.05, 3.63) is 0 Å². The highest BCUT2D eigenvalue weighted by Gasteiger charge is 2.32. The summed E-state index contributed by atoms with van der Waals surface area (Å²) in [5.41, 5.74) is -0.873. The van der Waals surface area contributed by atoms with Crippen LogP contribution in [0.15, 0.2) is 0 Å². The molecule has 0 aromatic carbocycles. The number of nitrogens with zero attached hydrogens (tertiary/aromatic N) is 1. The summed E-state index contributed by atoms with van der Waals surface area (Å²) in [6.07, 6.45) is 7.32. The summed E-state index contributed by atoms with van der Waals surface area (Å²) in [6.45, 7) is 0. The number of amides is 1. The van der Waals surface area contributed by atoms with Gasteiger partial charge in [0.25, 0.3) is 0 Å². The first-order valence-electron chi connectivity index (χ1n) is 6.27. The van der Waals surface area contributed by atoms with Crippen molar-refractivity contribution in [2.75, 3.05) is 12.0 Å². The molecule has 102 valence electrons. The van der Waals surface area contributed by atoms with Gasteiger partial charge < -0.3 is 5.32 Å². The molecule has 0 aromatic rings. The van der Waals surface area contributed by atoms with Gasteiger partial charge in [-0.1, -0.05) is 32.1 Å². The second-order valence-corrected chi connectivity index (χ2v) is 7.22. The number of carbonyl (C=O) groups is 1. The highest BCUT2D eigenvalue weighted by molar-refractivity contribution is 7.91. The lowest BCUT2D eigenvalue weighted by Gasteiger charge is -2.29. The van der Waals surface area contributed by atoms with Crippen molar-refractivity contribution in [2.45, 2.75) is 50.5 Å². The zero-order valence-corrected chi connectivity index (χ0v) is 11.6. The van der Waals surface area contributed by atoms with Crippen molar-refractivity contribution < 1.29 is 13.2 Å². The fourth-order valence-corrected chi connectivity index (χ4v) is 2.86. The maximum Gasteiger partial charge on any atom is 0.236 e. The molecule has 0 spiro atoms. The highest BCUT2D eigenvalue weighted by atomic mass is 32.2. The summed E-state index contributed by atoms with van der Waals surface area (Å²) in [4.78, 5) is 11.6. The maximum absolute atomic E-state index is 11.6. The minimum atomic E-state index is -3.35. The third-order valence-electron chi connectivity index (χ3n) is 3.19. The number of sulfone groups is 1. The Bertz CT molecular complexity index is 429. The van der Waals surface area contributed by atoms with Gasteiger partial charge in [-0.15, -0.1) is 0 Å². The Morgan fingerprint density at radius 3 is 2.17 bits per heavy atom. The second-order valence-electron chi connectivity index (χ2n) is 5.08. The van der Waals surface area contributed by atoms with Crippen LogP contribution in [0.1, 0.15) is 44.9 Å². The zero-order valence-electron chi connectivity index (χ0n) is 10.7. The molecular formula is C12H20N2O3S. The Kier molecular flexibility index (Phi) is 5.15. The van der Waals surface area contributed by atoms with E-state index in [0.717, 1.165) is 31.9 Å². The van der Waals surface area contributed by atoms with Crippen molar-refractivity contribution >= 4 is 15.7 Å². The third kappa shape index (κ3) is 5.05. The topological polar surface area (TPSA) is 87.0 Å². The lowest BCUT2D eigenvalue weighted by molar-refractivity contribution is -0.120. The monoisotopic (exact) mass is 272 g/mol. The van der Waals surface area contributed by atoms with Gasteiger partial charge in [0.15, 0.2) is 9.84 Å². The Labute approximate surface area is 108 Å². The van der Waals surface area contributed by atoms with Crippen LogP contribution in [0.2, 0.25) is 0 Å². The maximum atomic E-state index is 11.6. The van der Waals surface area contributed by atoms with Gasteiger partial charge in [0.05, 0.1) is 6.07 Å². The van der Waals surface area contributed by atoms with E-state index in [0.29, 0.717) is 12.8 Å². The quantitative estimate of drug-likeness (QED) is 0.835. The molecule has 0 atom stereocenters. The Morgan fingerprint density at radius 2 is 1.72 bits per heavy atom. The van der Waals surface area contributed by atoms with Crippen LogP contribution in [-0.4, -0.2) is 31.9 Å². The summed E-state index contributed by atoms with van der Waals surface area (Å²) in [6, 6.07) is 2.18. The SMILES string of the molecule is CS(=O)(=O)CC(=O)NC1(C#N)CCCCCCC1. The van der Waals surface area contributed by atoms with Crippen molar-refractivity contribution in [3.63, 3.8) is 0 Å². The number of hydrogen-bond donors (Lipinski definition) is 1. The number of hydrogen-bond acceptors (Lipinski definition) is 4. The molecule has 1 saturated carbocycles. The van der Waals surface area contributed by atoms with Crippen molar-refractivity contribution in [1.82, 2.24) is 5.32 Å². The van der Waals surface area contributed by atoms with Crippen LogP contribution in [0.3, 0.4) is 0 Å². The van der Waals surface area contributed by atoms with Crippen molar-refractivity contribution in [2.24, 2.45) is 0 Å². The van der Waals surface area contributed by atoms with Crippen LogP contribution in [0.25, 0.3) is 0 Å². The van der Waals surface area contributed by atoms with E-state index in [1.807, 2.05) is 0 Å². The molecule has 1 aliphatic rings. The smallest absolute Gasteiger partial charge is 0.236 e. The predicted molar refractivity (Wildman–Crippen MR) is 68.5 cm³/mol. The first-order chi connectivity index (χ1) is 8.37. The number of carbonyl (C=O) groups excluding carboxylic acids is 1. The Balaban J connectivity index is 2.69. The van der Waals surface area contributed by atoms with E-state index in [2.05, 4.69) is 11.4 Å². The van der Waals surface area contributed by atoms with E-state index in [4.69, 9.17) is 0 Å². The Hall–Kier alpha value is -1.09. The number of nitriles is 1. The molecule has 1 N–H and O–H groups in total. The van der Waals surface area contributed by atoms with Crippen LogP contribution >= 0.6 is 0 Å². The molecule has 0 aromatic heterocycles. The van der Waals surface area contributed by atoms with Crippen LogP contribution in [0, 0.1) is 11.3 Å². The molecule has 5 nitrogen and oxygen atoms in total. The molecule has 0 radical (unpaired) electrons. The van der Waals surface area contributed by atoms with E-state index in [1.165, 1.54) is 6.42 Å². The fraction of sp³-hybridized carbons (Fsp3) is 0.833. The molecule has 0 aliphatic heterocycles. The molecule has 0 heterocycles. The minimum Gasteiger partial charge on any atom is -0.337 e. The van der Waals surface area contributed by atoms with Crippen LogP contribution in [0.4, 0.5) is 0 Å². The van der Waals surface area contributed by atoms with Gasteiger partial charge in [-0.25, -0.2) is 8.42 Å². The Morgan fingerprint density at radius 1 is 1.22 bits per heavy atom. The van der Waals surface area contributed by atoms with E-state index < -0.39 is 27.0 Å². The average Bonchev–Trinajstić information content (AvgIpc) is 2.19. The molecule has 0 unspecified atom stereocenters. The van der Waals surface area contributed by atoms with Crippen LogP contribution < -0.4 is 5.32 Å². The first kappa shape index (κ1) is 15.0. The molecule has 1 fully saturated rings. The summed E-state index contributed by atoms with van der Waals surface area (Å²) >= 11 is 0. The highest BCUT2D eigenvalue weighted by Crippen LogP contribution is 2.25. The fourth-order valence-electron chi connectivity index (χ4n) is 2.31. The van der Waals surface area contributed by atoms with Crippen LogP contribution in [-0.2, 0) is 14.6 Å². The summed E-state index contributed by atoms with van der Waals surface area (Å²) < 4.78 is 22.1. The number of rotatable bonds is 3. The molecular weight excluding hydrogens is 252 g/mol. The van der Waals surface area contributed by atoms with E-state index in [-0.39, 0.29) is 0 Å². The summed E-state index contributed by atoms with van der Waals surface area (Å²) in [7, 11) is -3.35. The standard InChI is InChI=1S/C12H20N2O3S/c1-18(16,17)9-11(15)14-12(10-13)7-5-3-2-4-6-8-12/h2-9H2,1H3,(H,14,15). The van der Waals surface area contributed by atoms with Gasteiger partial charge in [0, 0.05) is 6.26 Å². The van der Waals surface area contributed by atoms with E-state index in [9.17, 15) is 18.5 Å². The largest absolute Gasteiger partial charge is 0.337 e. The summed E-state index contributed by atoms with van der Waals surface area (Å²) in [5, 5.41) is 11.9. The normalized spacial score (nSPS) is 20.2. The van der Waals surface area contributed by atoms with Gasteiger partial charge >= 0.3 is 0 Å². The molecule has 6 heteroatoms. The van der Waals surface area contributed by atoms with Gasteiger partial charge in [-0.3, -0.25) is 4.79 Å². The number of nitrogens with one attached hydrogen (secondary N) is 1. The lowest BCUT2D eigenvalue weighted by Crippen LogP contribution is -2.49. The molecule has 1 amide bonds. The van der Waals surface area contributed by atoms with Gasteiger partial charge in [-0.05, 0) is 12.8 Å². The van der Waals surface area contributed by atoms with E-state index >= 15 is 0 Å². The molecule has 0 saturated heterocycles. The zero-order chi connectivity index (χ0) is 13.6. The minimum absolute atomic E-state index is 0.545. The van der Waals surface area contributed by atoms with Crippen molar-refractivity contribution in [1.29, 1.82) is 5.26 Å². The molecule has 18 heavy (non-hydrogen) atoms. The summed E-state index contributed by atoms with van der Waals surface area (Å²) in [5.74, 6) is -1.12. The van der Waals surface area contributed by atoms with Gasteiger partial charge in [0.2, 0.25) is 5.91 Å².